The van der Waals surface area contributed by atoms with E-state index in [1.54, 1.807) is 48.5 Å². The third-order valence-electron chi connectivity index (χ3n) is 3.96. The molecule has 7 nitrogen and oxygen atoms in total. The van der Waals surface area contributed by atoms with Gasteiger partial charge in [-0.1, -0.05) is 23.7 Å². The molecule has 0 spiro atoms. The molecule has 2 N–H and O–H groups in total. The van der Waals surface area contributed by atoms with Gasteiger partial charge >= 0.3 is 5.97 Å². The summed E-state index contributed by atoms with van der Waals surface area (Å²) in [6, 6.07) is 12.9. The highest BCUT2D eigenvalue weighted by Gasteiger charge is 2.19. The van der Waals surface area contributed by atoms with Gasteiger partial charge < -0.3 is 15.4 Å². The number of benzene rings is 2. The monoisotopic (exact) mass is 416 g/mol. The molecule has 8 heteroatoms. The number of carbonyl (C=O) groups is 4. The summed E-state index contributed by atoms with van der Waals surface area (Å²) in [4.78, 5) is 47.7. The molecule has 0 unspecified atom stereocenters. The van der Waals surface area contributed by atoms with Crippen LogP contribution in [-0.4, -0.2) is 36.2 Å². The molecule has 2 rings (SSSR count). The first-order valence-electron chi connectivity index (χ1n) is 8.92. The highest BCUT2D eigenvalue weighted by atomic mass is 35.5. The van der Waals surface area contributed by atoms with Crippen molar-refractivity contribution in [2.75, 3.05) is 11.9 Å². The molecule has 0 saturated heterocycles. The summed E-state index contributed by atoms with van der Waals surface area (Å²) in [5.74, 6) is -1.73. The van der Waals surface area contributed by atoms with Crippen molar-refractivity contribution in [1.82, 2.24) is 5.32 Å². The molecule has 152 valence electrons. The van der Waals surface area contributed by atoms with Crippen LogP contribution in [-0.2, 0) is 14.3 Å². The number of esters is 1. The fourth-order valence-electron chi connectivity index (χ4n) is 2.42. The quantitative estimate of drug-likeness (QED) is 0.508. The van der Waals surface area contributed by atoms with Crippen LogP contribution in [0.5, 0.6) is 0 Å². The molecule has 2 amide bonds. The first-order chi connectivity index (χ1) is 13.8. The number of para-hydroxylation sites is 1. The van der Waals surface area contributed by atoms with Gasteiger partial charge in [0, 0.05) is 22.7 Å². The van der Waals surface area contributed by atoms with Gasteiger partial charge in [0.2, 0.25) is 0 Å². The molecule has 0 saturated carbocycles. The Kier molecular flexibility index (Phi) is 7.91. The first kappa shape index (κ1) is 22.1. The normalized spacial score (nSPS) is 11.3. The number of carbonyl (C=O) groups excluding carboxylic acids is 4. The Morgan fingerprint density at radius 1 is 1.03 bits per heavy atom. The maximum atomic E-state index is 12.2. The average molecular weight is 417 g/mol. The molecule has 0 fully saturated rings. The second kappa shape index (κ2) is 10.4. The molecular weight excluding hydrogens is 396 g/mol. The third-order valence-corrected chi connectivity index (χ3v) is 4.21. The number of ether oxygens (including phenoxy) is 1. The van der Waals surface area contributed by atoms with Crippen LogP contribution >= 0.6 is 11.6 Å². The van der Waals surface area contributed by atoms with E-state index in [0.29, 0.717) is 21.8 Å². The lowest BCUT2D eigenvalue weighted by Gasteiger charge is -2.15. The Balaban J connectivity index is 1.79. The molecule has 2 aromatic rings. The predicted octanol–water partition coefficient (Wildman–Crippen LogP) is 3.23. The van der Waals surface area contributed by atoms with Gasteiger partial charge in [0.25, 0.3) is 11.8 Å². The summed E-state index contributed by atoms with van der Waals surface area (Å²) in [7, 11) is 0. The number of halogens is 1. The zero-order valence-corrected chi connectivity index (χ0v) is 16.8. The average Bonchev–Trinajstić information content (AvgIpc) is 2.68. The van der Waals surface area contributed by atoms with Crippen LogP contribution in [0, 0.1) is 0 Å². The minimum Gasteiger partial charge on any atom is -0.452 e. The van der Waals surface area contributed by atoms with Crippen LogP contribution in [0.3, 0.4) is 0 Å². The summed E-state index contributed by atoms with van der Waals surface area (Å²) >= 11 is 5.77. The van der Waals surface area contributed by atoms with Crippen molar-refractivity contribution in [3.63, 3.8) is 0 Å². The number of Topliss-reactive ketones (excluding diaryl/α,β-unsaturated/α-hetero) is 1. The minimum absolute atomic E-state index is 0.0573. The molecule has 0 aliphatic carbocycles. The molecule has 1 atom stereocenters. The van der Waals surface area contributed by atoms with Gasteiger partial charge in [0.05, 0.1) is 12.1 Å². The van der Waals surface area contributed by atoms with Gasteiger partial charge in [-0.05, 0) is 50.2 Å². The van der Waals surface area contributed by atoms with Crippen molar-refractivity contribution in [3.8, 4) is 0 Å². The fourth-order valence-corrected chi connectivity index (χ4v) is 2.55. The second-order valence-electron chi connectivity index (χ2n) is 6.24. The van der Waals surface area contributed by atoms with Crippen molar-refractivity contribution in [2.45, 2.75) is 26.4 Å². The largest absolute Gasteiger partial charge is 0.452 e. The van der Waals surface area contributed by atoms with Crippen molar-refractivity contribution in [1.29, 1.82) is 0 Å². The zero-order valence-electron chi connectivity index (χ0n) is 16.0. The van der Waals surface area contributed by atoms with Crippen molar-refractivity contribution >= 4 is 40.9 Å². The Morgan fingerprint density at radius 2 is 1.69 bits per heavy atom. The van der Waals surface area contributed by atoms with E-state index in [1.807, 2.05) is 0 Å². The lowest BCUT2D eigenvalue weighted by molar-refractivity contribution is -0.153. The highest BCUT2D eigenvalue weighted by Crippen LogP contribution is 2.16. The maximum absolute atomic E-state index is 12.2. The summed E-state index contributed by atoms with van der Waals surface area (Å²) in [6.07, 6.45) is -1.16. The van der Waals surface area contributed by atoms with E-state index in [4.69, 9.17) is 16.3 Å². The summed E-state index contributed by atoms with van der Waals surface area (Å²) in [5.41, 5.74) is 1.13. The van der Waals surface area contributed by atoms with E-state index in [0.717, 1.165) is 0 Å². The molecule has 0 bridgehead atoms. The summed E-state index contributed by atoms with van der Waals surface area (Å²) in [5, 5.41) is 5.69. The van der Waals surface area contributed by atoms with Crippen LogP contribution < -0.4 is 10.6 Å². The highest BCUT2D eigenvalue weighted by molar-refractivity contribution is 6.30. The predicted molar refractivity (Wildman–Crippen MR) is 109 cm³/mol. The Hall–Kier alpha value is -3.19. The lowest BCUT2D eigenvalue weighted by atomic mass is 10.1. The summed E-state index contributed by atoms with van der Waals surface area (Å²) in [6.45, 7) is 2.88. The van der Waals surface area contributed by atoms with Gasteiger partial charge in [-0.25, -0.2) is 0 Å². The fraction of sp³-hybridized carbons (Fsp3) is 0.238. The molecule has 0 aliphatic rings. The maximum Gasteiger partial charge on any atom is 0.308 e. The molecule has 0 radical (unpaired) electrons. The lowest BCUT2D eigenvalue weighted by Crippen LogP contribution is -2.32. The van der Waals surface area contributed by atoms with Crippen molar-refractivity contribution < 1.29 is 23.9 Å². The topological polar surface area (TPSA) is 102 Å². The van der Waals surface area contributed by atoms with E-state index in [9.17, 15) is 19.2 Å². The third kappa shape index (κ3) is 6.73. The van der Waals surface area contributed by atoms with E-state index in [1.165, 1.54) is 13.8 Å². The molecule has 2 aromatic carbocycles. The van der Waals surface area contributed by atoms with Crippen LogP contribution in [0.1, 0.15) is 41.0 Å². The van der Waals surface area contributed by atoms with Crippen LogP contribution in [0.2, 0.25) is 5.02 Å². The number of amides is 2. The standard InChI is InChI=1S/C21H21ClN2O5/c1-13(25)17-5-3-4-6-18(17)24-20(27)14(2)29-19(26)11-12-23-21(28)15-7-9-16(22)10-8-15/h3-10,14H,11-12H2,1-2H3,(H,23,28)(H,24,27)/t14-/m1/s1. The van der Waals surface area contributed by atoms with E-state index in [-0.39, 0.29) is 24.7 Å². The van der Waals surface area contributed by atoms with E-state index >= 15 is 0 Å². The van der Waals surface area contributed by atoms with Gasteiger partial charge in [0.15, 0.2) is 11.9 Å². The number of hydrogen-bond acceptors (Lipinski definition) is 5. The van der Waals surface area contributed by atoms with E-state index < -0.39 is 18.0 Å². The van der Waals surface area contributed by atoms with Gasteiger partial charge in [0.1, 0.15) is 0 Å². The number of nitrogens with one attached hydrogen (secondary N) is 2. The first-order valence-corrected chi connectivity index (χ1v) is 9.30. The molecule has 29 heavy (non-hydrogen) atoms. The molecule has 0 aromatic heterocycles. The van der Waals surface area contributed by atoms with Gasteiger partial charge in [-0.15, -0.1) is 0 Å². The Labute approximate surface area is 173 Å². The van der Waals surface area contributed by atoms with E-state index in [2.05, 4.69) is 10.6 Å². The molecular formula is C21H21ClN2O5. The number of rotatable bonds is 8. The number of ketones is 1. The van der Waals surface area contributed by atoms with Crippen LogP contribution in [0.15, 0.2) is 48.5 Å². The minimum atomic E-state index is -1.06. The zero-order chi connectivity index (χ0) is 21.4. The smallest absolute Gasteiger partial charge is 0.308 e. The SMILES string of the molecule is CC(=O)c1ccccc1NC(=O)[C@@H](C)OC(=O)CCNC(=O)c1ccc(Cl)cc1. The number of anilines is 1. The van der Waals surface area contributed by atoms with Gasteiger partial charge in [-0.3, -0.25) is 19.2 Å². The number of hydrogen-bond donors (Lipinski definition) is 2. The van der Waals surface area contributed by atoms with Crippen molar-refractivity contribution in [2.24, 2.45) is 0 Å². The Bertz CT molecular complexity index is 912. The Morgan fingerprint density at radius 3 is 2.34 bits per heavy atom. The molecule has 0 heterocycles. The summed E-state index contributed by atoms with van der Waals surface area (Å²) < 4.78 is 5.08. The second-order valence-corrected chi connectivity index (χ2v) is 6.67. The van der Waals surface area contributed by atoms with Gasteiger partial charge in [-0.2, -0.15) is 0 Å². The molecule has 0 aliphatic heterocycles. The van der Waals surface area contributed by atoms with Crippen LogP contribution in [0.25, 0.3) is 0 Å². The van der Waals surface area contributed by atoms with Crippen LogP contribution in [0.4, 0.5) is 5.69 Å². The van der Waals surface area contributed by atoms with Crippen molar-refractivity contribution in [3.05, 3.63) is 64.7 Å².